The molecular formula is C21H16O7. The van der Waals surface area contributed by atoms with E-state index in [1.807, 2.05) is 18.2 Å². The Morgan fingerprint density at radius 1 is 1.00 bits per heavy atom. The molecular weight excluding hydrogens is 364 g/mol. The molecule has 0 aliphatic heterocycles. The van der Waals surface area contributed by atoms with Crippen LogP contribution in [0.1, 0.15) is 21.7 Å². The first-order chi connectivity index (χ1) is 13.6. The predicted molar refractivity (Wildman–Crippen MR) is 100 cm³/mol. The van der Waals surface area contributed by atoms with Gasteiger partial charge in [0, 0.05) is 41.1 Å². The number of benzene rings is 2. The number of carbonyl (C=O) groups excluding carboxylic acids is 1. The largest absolute Gasteiger partial charge is 0.508 e. The summed E-state index contributed by atoms with van der Waals surface area (Å²) in [5.41, 5.74) is 1.23. The van der Waals surface area contributed by atoms with Gasteiger partial charge in [0.1, 0.15) is 23.5 Å². The molecule has 0 aliphatic rings. The first-order valence-electron chi connectivity index (χ1n) is 8.49. The highest BCUT2D eigenvalue weighted by atomic mass is 16.5. The molecule has 4 aromatic rings. The molecule has 0 saturated carbocycles. The number of esters is 1. The molecule has 1 N–H and O–H groups in total. The SMILES string of the molecule is COCc1c(C(=O)OCc2cc(=O)oc3cc(O)ccc23)oc2ccccc12. The number of methoxy groups -OCH3 is 1. The van der Waals surface area contributed by atoms with Crippen LogP contribution in [0.4, 0.5) is 0 Å². The average molecular weight is 380 g/mol. The fourth-order valence-electron chi connectivity index (χ4n) is 3.10. The molecule has 7 nitrogen and oxygen atoms in total. The minimum atomic E-state index is -0.664. The maximum atomic E-state index is 12.6. The molecule has 0 radical (unpaired) electrons. The van der Waals surface area contributed by atoms with E-state index in [9.17, 15) is 14.7 Å². The number of hydrogen-bond donors (Lipinski definition) is 1. The molecule has 0 aliphatic carbocycles. The van der Waals surface area contributed by atoms with Crippen molar-refractivity contribution in [3.8, 4) is 5.75 Å². The Bertz CT molecular complexity index is 1230. The summed E-state index contributed by atoms with van der Waals surface area (Å²) in [5.74, 6) is -0.632. The summed E-state index contributed by atoms with van der Waals surface area (Å²) in [6.07, 6.45) is 0. The van der Waals surface area contributed by atoms with Crippen molar-refractivity contribution in [2.75, 3.05) is 7.11 Å². The normalized spacial score (nSPS) is 11.2. The Balaban J connectivity index is 1.65. The second-order valence-corrected chi connectivity index (χ2v) is 6.19. The van der Waals surface area contributed by atoms with Gasteiger partial charge in [-0.3, -0.25) is 0 Å². The van der Waals surface area contributed by atoms with Crippen LogP contribution < -0.4 is 5.63 Å². The molecule has 4 rings (SSSR count). The van der Waals surface area contributed by atoms with Crippen molar-refractivity contribution in [2.24, 2.45) is 0 Å². The van der Waals surface area contributed by atoms with E-state index in [2.05, 4.69) is 0 Å². The zero-order valence-corrected chi connectivity index (χ0v) is 14.9. The second kappa shape index (κ2) is 7.21. The van der Waals surface area contributed by atoms with Gasteiger partial charge in [0.25, 0.3) is 0 Å². The number of phenolic OH excluding ortho intramolecular Hbond substituents is 1. The Hall–Kier alpha value is -3.58. The molecule has 0 fully saturated rings. The van der Waals surface area contributed by atoms with Crippen LogP contribution in [0.3, 0.4) is 0 Å². The van der Waals surface area contributed by atoms with E-state index in [4.69, 9.17) is 18.3 Å². The van der Waals surface area contributed by atoms with Crippen molar-refractivity contribution in [1.29, 1.82) is 0 Å². The number of para-hydroxylation sites is 1. The van der Waals surface area contributed by atoms with Crippen LogP contribution in [0.5, 0.6) is 5.75 Å². The fraction of sp³-hybridized carbons (Fsp3) is 0.143. The summed E-state index contributed by atoms with van der Waals surface area (Å²) in [7, 11) is 1.53. The van der Waals surface area contributed by atoms with E-state index in [1.165, 1.54) is 25.3 Å². The molecule has 0 saturated heterocycles. The molecule has 0 bridgehead atoms. The molecule has 142 valence electrons. The van der Waals surface area contributed by atoms with Gasteiger partial charge in [0.2, 0.25) is 5.76 Å². The van der Waals surface area contributed by atoms with Crippen molar-refractivity contribution >= 4 is 27.9 Å². The van der Waals surface area contributed by atoms with E-state index in [1.54, 1.807) is 12.1 Å². The maximum Gasteiger partial charge on any atom is 0.374 e. The van der Waals surface area contributed by atoms with Crippen molar-refractivity contribution in [3.05, 3.63) is 75.8 Å². The molecule has 2 aromatic carbocycles. The third-order valence-electron chi connectivity index (χ3n) is 4.34. The quantitative estimate of drug-likeness (QED) is 0.416. The minimum absolute atomic E-state index is 0.0312. The summed E-state index contributed by atoms with van der Waals surface area (Å²) in [5, 5.41) is 10.9. The molecule has 0 amide bonds. The lowest BCUT2D eigenvalue weighted by Gasteiger charge is -2.07. The Morgan fingerprint density at radius 2 is 1.82 bits per heavy atom. The van der Waals surface area contributed by atoms with E-state index < -0.39 is 11.6 Å². The van der Waals surface area contributed by atoms with Crippen LogP contribution in [0.15, 0.2) is 62.2 Å². The van der Waals surface area contributed by atoms with E-state index >= 15 is 0 Å². The molecule has 2 aromatic heterocycles. The highest BCUT2D eigenvalue weighted by Gasteiger charge is 2.22. The van der Waals surface area contributed by atoms with E-state index in [0.29, 0.717) is 22.1 Å². The first kappa shape index (κ1) is 17.8. The number of phenols is 1. The van der Waals surface area contributed by atoms with Crippen LogP contribution in [-0.4, -0.2) is 18.2 Å². The standard InChI is InChI=1S/C21H16O7/c1-25-11-16-15-4-2-3-5-17(15)28-20(16)21(24)26-10-12-8-19(23)27-18-9-13(22)6-7-14(12)18/h2-9,22H,10-11H2,1H3. The second-order valence-electron chi connectivity index (χ2n) is 6.19. The van der Waals surface area contributed by atoms with Crippen LogP contribution in [-0.2, 0) is 22.7 Å². The number of rotatable bonds is 5. The lowest BCUT2D eigenvalue weighted by Crippen LogP contribution is -2.09. The van der Waals surface area contributed by atoms with Gasteiger partial charge in [0.05, 0.1) is 6.61 Å². The summed E-state index contributed by atoms with van der Waals surface area (Å²) < 4.78 is 21.3. The van der Waals surface area contributed by atoms with Gasteiger partial charge < -0.3 is 23.4 Å². The topological polar surface area (TPSA) is 99.1 Å². The molecule has 0 unspecified atom stereocenters. The lowest BCUT2D eigenvalue weighted by atomic mass is 10.1. The fourth-order valence-corrected chi connectivity index (χ4v) is 3.10. The average Bonchev–Trinajstić information content (AvgIpc) is 3.04. The van der Waals surface area contributed by atoms with E-state index in [0.717, 1.165) is 5.39 Å². The van der Waals surface area contributed by atoms with Gasteiger partial charge in [-0.15, -0.1) is 0 Å². The number of hydrogen-bond acceptors (Lipinski definition) is 7. The zero-order valence-electron chi connectivity index (χ0n) is 14.9. The Labute approximate surface area is 158 Å². The van der Waals surface area contributed by atoms with Gasteiger partial charge >= 0.3 is 11.6 Å². The Morgan fingerprint density at radius 3 is 2.64 bits per heavy atom. The number of aromatic hydroxyl groups is 1. The van der Waals surface area contributed by atoms with E-state index in [-0.39, 0.29) is 30.3 Å². The van der Waals surface area contributed by atoms with Gasteiger partial charge in [-0.05, 0) is 18.2 Å². The third kappa shape index (κ3) is 3.23. The van der Waals surface area contributed by atoms with Gasteiger partial charge in [-0.25, -0.2) is 9.59 Å². The zero-order chi connectivity index (χ0) is 19.7. The van der Waals surface area contributed by atoms with Crippen LogP contribution in [0.2, 0.25) is 0 Å². The van der Waals surface area contributed by atoms with Crippen LogP contribution in [0, 0.1) is 0 Å². The van der Waals surface area contributed by atoms with Crippen molar-refractivity contribution in [3.63, 3.8) is 0 Å². The molecule has 28 heavy (non-hydrogen) atoms. The molecule has 0 spiro atoms. The van der Waals surface area contributed by atoms with Gasteiger partial charge in [0.15, 0.2) is 0 Å². The summed E-state index contributed by atoms with van der Waals surface area (Å²) in [6.45, 7) is 0.0355. The number of fused-ring (bicyclic) bond motifs is 2. The highest BCUT2D eigenvalue weighted by molar-refractivity contribution is 5.96. The van der Waals surface area contributed by atoms with Crippen molar-refractivity contribution < 1.29 is 28.2 Å². The smallest absolute Gasteiger partial charge is 0.374 e. The molecule has 0 atom stereocenters. The Kier molecular flexibility index (Phi) is 4.58. The first-order valence-corrected chi connectivity index (χ1v) is 8.49. The monoisotopic (exact) mass is 380 g/mol. The van der Waals surface area contributed by atoms with Crippen LogP contribution in [0.25, 0.3) is 21.9 Å². The summed E-state index contributed by atoms with van der Waals surface area (Å²) >= 11 is 0. The predicted octanol–water partition coefficient (Wildman–Crippen LogP) is 3.75. The van der Waals surface area contributed by atoms with Crippen LogP contribution >= 0.6 is 0 Å². The number of carbonyl (C=O) groups is 1. The summed E-state index contributed by atoms with van der Waals surface area (Å²) in [4.78, 5) is 24.4. The number of furan rings is 1. The molecule has 7 heteroatoms. The van der Waals surface area contributed by atoms with Gasteiger partial charge in [-0.2, -0.15) is 0 Å². The number of ether oxygens (including phenoxy) is 2. The maximum absolute atomic E-state index is 12.6. The van der Waals surface area contributed by atoms with Crippen molar-refractivity contribution in [1.82, 2.24) is 0 Å². The summed E-state index contributed by atoms with van der Waals surface area (Å²) in [6, 6.07) is 12.9. The van der Waals surface area contributed by atoms with Crippen molar-refractivity contribution in [2.45, 2.75) is 13.2 Å². The minimum Gasteiger partial charge on any atom is -0.508 e. The third-order valence-corrected chi connectivity index (χ3v) is 4.34. The van der Waals surface area contributed by atoms with Gasteiger partial charge in [-0.1, -0.05) is 18.2 Å². The lowest BCUT2D eigenvalue weighted by molar-refractivity contribution is 0.0433. The highest BCUT2D eigenvalue weighted by Crippen LogP contribution is 2.28. The molecule has 2 heterocycles.